The third kappa shape index (κ3) is 9.41. The van der Waals surface area contributed by atoms with E-state index in [1.165, 1.54) is 0 Å². The van der Waals surface area contributed by atoms with Crippen LogP contribution in [0.2, 0.25) is 0 Å². The van der Waals surface area contributed by atoms with E-state index in [4.69, 9.17) is 18.7 Å². The Hall–Kier alpha value is -6.35. The van der Waals surface area contributed by atoms with E-state index in [1.807, 2.05) is 124 Å². The van der Waals surface area contributed by atoms with Gasteiger partial charge in [0.25, 0.3) is 0 Å². The van der Waals surface area contributed by atoms with Crippen LogP contribution in [0.3, 0.4) is 0 Å². The van der Waals surface area contributed by atoms with Gasteiger partial charge in [0.15, 0.2) is 0 Å². The molecule has 9 rings (SSSR count). The fourth-order valence-electron chi connectivity index (χ4n) is 8.60. The monoisotopic (exact) mass is 1080 g/mol. The number of fused-ring (bicyclic) bond motifs is 1. The predicted octanol–water partition coefficient (Wildman–Crippen LogP) is 17.1. The van der Waals surface area contributed by atoms with E-state index in [2.05, 4.69) is 57.8 Å². The van der Waals surface area contributed by atoms with Crippen molar-refractivity contribution in [1.29, 1.82) is 0 Å². The minimum atomic E-state index is -2.52. The molecule has 0 atom stereocenters. The zero-order valence-corrected chi connectivity index (χ0v) is 42.4. The number of phenols is 1. The molecule has 7 aromatic carbocycles. The van der Waals surface area contributed by atoms with Crippen LogP contribution in [0.4, 0.5) is 0 Å². The summed E-state index contributed by atoms with van der Waals surface area (Å²) in [6, 6.07) is 34.3. The van der Waals surface area contributed by atoms with Gasteiger partial charge in [-0.15, -0.1) is 29.3 Å². The number of aromatic hydroxyl groups is 1. The van der Waals surface area contributed by atoms with Gasteiger partial charge in [-0.3, -0.25) is 9.55 Å². The SMILES string of the molecule is [2H]c1nc(-c2[c-]c(-c3cccc4c3nc(-c3cc(C(C)C)cc(C(C)C)c3O)n4-c3cc(-c4ccccc4)c(C([2H])([2H])[2H])cc3-c3ccc(C(C)(C)C)cc3)cc(C(C)(C)C)c2)c([2H])c(-c2c([2H])c([2H])c([2H])c([2H])c2[2H])c1[2H].[Pt]. The number of aryl methyl sites for hydroxylation is 1. The molecule has 2 aromatic heterocycles. The second kappa shape index (κ2) is 19.0. The van der Waals surface area contributed by atoms with Crippen molar-refractivity contribution in [3.63, 3.8) is 0 Å². The molecule has 9 aromatic rings. The molecule has 0 aliphatic rings. The Morgan fingerprint density at radius 2 is 1.32 bits per heavy atom. The van der Waals surface area contributed by atoms with Crippen molar-refractivity contribution in [2.24, 2.45) is 0 Å². The Morgan fingerprint density at radius 3 is 1.99 bits per heavy atom. The summed E-state index contributed by atoms with van der Waals surface area (Å²) >= 11 is 0. The number of nitrogens with zero attached hydrogens (tertiary/aromatic N) is 3. The van der Waals surface area contributed by atoms with Gasteiger partial charge in [-0.2, -0.15) is 0 Å². The van der Waals surface area contributed by atoms with Crippen LogP contribution in [-0.4, -0.2) is 19.6 Å². The summed E-state index contributed by atoms with van der Waals surface area (Å²) in [5.41, 5.74) is 8.45. The number of para-hydroxylation sites is 1. The fourth-order valence-corrected chi connectivity index (χ4v) is 8.60. The van der Waals surface area contributed by atoms with Crippen LogP contribution in [0.5, 0.6) is 5.75 Å². The van der Waals surface area contributed by atoms with E-state index < -0.39 is 60.7 Å². The van der Waals surface area contributed by atoms with Crippen molar-refractivity contribution in [2.45, 2.75) is 98.8 Å². The fraction of sp³-hybridized carbons (Fsp3) is 0.238. The van der Waals surface area contributed by atoms with Crippen molar-refractivity contribution in [3.8, 4) is 78.6 Å². The van der Waals surface area contributed by atoms with Gasteiger partial charge in [0.2, 0.25) is 0 Å². The van der Waals surface area contributed by atoms with E-state index in [-0.39, 0.29) is 72.0 Å². The standard InChI is InChI=1S/C63H62N3O.Pt/c1-39(2)46-35-52(40(3)4)60(67)55(36-46)61-65-59-51(47-32-48(34-50(33-47)63(9,10)11)56-37-45(29-30-64-56)42-19-14-12-15-20-42)23-18-24-57(59)66(61)58-38-53(43-21-16-13-17-22-43)41(5)31-54(58)44-25-27-49(28-26-44)62(6,7)8;/h12-31,33-40,67H,1-11H3;/q-1;/i5D3,12D,14D,15D,19D,20D,29D,30D,37D;. The molecule has 0 bridgehead atoms. The minimum Gasteiger partial charge on any atom is -0.507 e. The second-order valence-corrected chi connectivity index (χ2v) is 20.0. The molecule has 0 saturated heterocycles. The molecule has 0 radical (unpaired) electrons. The molecule has 0 aliphatic heterocycles. The second-order valence-electron chi connectivity index (χ2n) is 20.0. The molecule has 0 unspecified atom stereocenters. The first-order valence-electron chi connectivity index (χ1n) is 28.4. The average Bonchev–Trinajstić information content (AvgIpc) is 3.98. The zero-order valence-electron chi connectivity index (χ0n) is 51.2. The number of phenolic OH excluding ortho intramolecular Hbond substituents is 1. The molecule has 0 spiro atoms. The predicted molar refractivity (Wildman–Crippen MR) is 282 cm³/mol. The summed E-state index contributed by atoms with van der Waals surface area (Å²) in [5, 5.41) is 12.6. The Labute approximate surface area is 433 Å². The third-order valence-corrected chi connectivity index (χ3v) is 12.5. The van der Waals surface area contributed by atoms with Crippen LogP contribution in [-0.2, 0) is 31.9 Å². The van der Waals surface area contributed by atoms with Crippen LogP contribution in [0.15, 0.2) is 158 Å². The van der Waals surface area contributed by atoms with Crippen molar-refractivity contribution in [2.75, 3.05) is 0 Å². The van der Waals surface area contributed by atoms with E-state index in [0.717, 1.165) is 27.8 Å². The molecule has 0 saturated carbocycles. The van der Waals surface area contributed by atoms with E-state index in [9.17, 15) is 6.48 Å². The minimum absolute atomic E-state index is 0. The van der Waals surface area contributed by atoms with Gasteiger partial charge < -0.3 is 5.11 Å². The van der Waals surface area contributed by atoms with Crippen LogP contribution in [0, 0.1) is 12.9 Å². The smallest absolute Gasteiger partial charge is 0.148 e. The number of hydrogen-bond acceptors (Lipinski definition) is 3. The van der Waals surface area contributed by atoms with Crippen LogP contribution in [0.25, 0.3) is 83.9 Å². The number of rotatable bonds is 9. The van der Waals surface area contributed by atoms with Gasteiger partial charge in [-0.25, -0.2) is 4.98 Å². The number of imidazole rings is 1. The van der Waals surface area contributed by atoms with E-state index in [0.29, 0.717) is 55.9 Å². The van der Waals surface area contributed by atoms with E-state index >= 15 is 0 Å². The van der Waals surface area contributed by atoms with Gasteiger partial charge in [0, 0.05) is 42.6 Å². The molecule has 0 aliphatic carbocycles. The summed E-state index contributed by atoms with van der Waals surface area (Å²) in [5.74, 6) is 0.438. The van der Waals surface area contributed by atoms with E-state index in [1.54, 1.807) is 12.1 Å². The molecule has 2 heterocycles. The summed E-state index contributed by atoms with van der Waals surface area (Å²) < 4.78 is 98.8. The molecule has 1 N–H and O–H groups in total. The molecule has 68 heavy (non-hydrogen) atoms. The van der Waals surface area contributed by atoms with Gasteiger partial charge >= 0.3 is 0 Å². The van der Waals surface area contributed by atoms with Crippen LogP contribution < -0.4 is 0 Å². The maximum Gasteiger partial charge on any atom is 0.148 e. The molecular weight excluding hydrogens is 1010 g/mol. The largest absolute Gasteiger partial charge is 0.507 e. The number of benzene rings is 7. The Balaban J connectivity index is 0.00000822. The molecule has 4 nitrogen and oxygen atoms in total. The molecular formula is C63H62N3OPt-. The van der Waals surface area contributed by atoms with Crippen LogP contribution >= 0.6 is 0 Å². The first-order chi connectivity index (χ1) is 36.5. The van der Waals surface area contributed by atoms with Crippen molar-refractivity contribution >= 4 is 11.0 Å². The molecule has 0 amide bonds. The summed E-state index contributed by atoms with van der Waals surface area (Å²) in [4.78, 5) is 10.0. The molecule has 5 heteroatoms. The van der Waals surface area contributed by atoms with Crippen LogP contribution in [0.1, 0.15) is 124 Å². The topological polar surface area (TPSA) is 50.9 Å². The van der Waals surface area contributed by atoms with Crippen molar-refractivity contribution in [1.82, 2.24) is 14.5 Å². The van der Waals surface area contributed by atoms with Gasteiger partial charge in [-0.1, -0.05) is 189 Å². The van der Waals surface area contributed by atoms with Crippen molar-refractivity contribution in [3.05, 3.63) is 192 Å². The number of hydrogen-bond donors (Lipinski definition) is 1. The Bertz CT molecular complexity index is 3830. The van der Waals surface area contributed by atoms with Crippen molar-refractivity contribution < 1.29 is 41.3 Å². The zero-order chi connectivity index (χ0) is 56.8. The quantitative estimate of drug-likeness (QED) is 0.147. The molecule has 346 valence electrons. The average molecular weight is 1080 g/mol. The number of pyridine rings is 1. The maximum atomic E-state index is 12.6. The Kier molecular flexibility index (Phi) is 9.97. The summed E-state index contributed by atoms with van der Waals surface area (Å²) in [6.07, 6.45) is -0.558. The first kappa shape index (κ1) is 35.7. The Morgan fingerprint density at radius 1 is 0.632 bits per heavy atom. The first-order valence-corrected chi connectivity index (χ1v) is 22.9. The number of aromatic nitrogens is 3. The maximum absolute atomic E-state index is 12.6. The third-order valence-electron chi connectivity index (χ3n) is 12.5. The van der Waals surface area contributed by atoms with Gasteiger partial charge in [-0.05, 0) is 110 Å². The molecule has 0 fully saturated rings. The van der Waals surface area contributed by atoms with Gasteiger partial charge in [0.1, 0.15) is 11.6 Å². The normalized spacial score (nSPS) is 14.4. The van der Waals surface area contributed by atoms with Gasteiger partial charge in [0.05, 0.1) is 33.3 Å². The summed E-state index contributed by atoms with van der Waals surface area (Å²) in [7, 11) is 0. The summed E-state index contributed by atoms with van der Waals surface area (Å²) in [6.45, 7) is 18.2.